The van der Waals surface area contributed by atoms with Gasteiger partial charge in [0.15, 0.2) is 0 Å². The zero-order valence-electron chi connectivity index (χ0n) is 12.3. The highest BCUT2D eigenvalue weighted by molar-refractivity contribution is 7.89. The fraction of sp³-hybridized carbons (Fsp3) is 0.643. The molecule has 1 aromatic rings. The van der Waals surface area contributed by atoms with Crippen LogP contribution in [0.1, 0.15) is 45.2 Å². The van der Waals surface area contributed by atoms with E-state index in [2.05, 4.69) is 23.6 Å². The maximum atomic E-state index is 12.1. The molecule has 0 aliphatic carbocycles. The normalized spacial score (nSPS) is 13.3. The molecule has 1 aromatic heterocycles. The highest BCUT2D eigenvalue weighted by Crippen LogP contribution is 2.13. The number of aromatic nitrogens is 1. The van der Waals surface area contributed by atoms with E-state index in [0.717, 1.165) is 25.7 Å². The minimum Gasteiger partial charge on any atom is -0.325 e. The molecule has 0 saturated heterocycles. The molecule has 0 aliphatic rings. The fourth-order valence-electron chi connectivity index (χ4n) is 1.94. The summed E-state index contributed by atoms with van der Waals surface area (Å²) in [6.07, 6.45) is 5.66. The minimum absolute atomic E-state index is 0.194. The van der Waals surface area contributed by atoms with Gasteiger partial charge in [0, 0.05) is 19.3 Å². The van der Waals surface area contributed by atoms with Crippen molar-refractivity contribution in [2.75, 3.05) is 6.54 Å². The highest BCUT2D eigenvalue weighted by Gasteiger charge is 2.16. The van der Waals surface area contributed by atoms with E-state index >= 15 is 0 Å². The molecule has 0 saturated carbocycles. The second-order valence-electron chi connectivity index (χ2n) is 4.96. The van der Waals surface area contributed by atoms with Crippen LogP contribution in [-0.4, -0.2) is 19.9 Å². The third-order valence-electron chi connectivity index (χ3n) is 3.42. The Morgan fingerprint density at radius 2 is 2.10 bits per heavy atom. The maximum absolute atomic E-state index is 12.1. The Bertz CT molecular complexity index is 486. The van der Waals surface area contributed by atoms with E-state index in [-0.39, 0.29) is 4.90 Å². The second kappa shape index (κ2) is 8.34. The number of pyridine rings is 1. The Kier molecular flexibility index (Phi) is 7.12. The number of nitrogens with zero attached hydrogens (tertiary/aromatic N) is 1. The first-order valence-electron chi connectivity index (χ1n) is 7.18. The molecule has 1 atom stereocenters. The number of unbranched alkanes of at least 4 members (excludes halogenated alkanes) is 1. The van der Waals surface area contributed by atoms with Crippen molar-refractivity contribution >= 4 is 10.0 Å². The summed E-state index contributed by atoms with van der Waals surface area (Å²) in [5.41, 5.74) is 6.12. The monoisotopic (exact) mass is 299 g/mol. The van der Waals surface area contributed by atoms with E-state index in [9.17, 15) is 8.42 Å². The van der Waals surface area contributed by atoms with Crippen LogP contribution >= 0.6 is 0 Å². The average Bonchev–Trinajstić information content (AvgIpc) is 2.47. The number of rotatable bonds is 9. The van der Waals surface area contributed by atoms with E-state index < -0.39 is 10.0 Å². The third kappa shape index (κ3) is 5.19. The molecule has 0 aromatic carbocycles. The quantitative estimate of drug-likeness (QED) is 0.730. The Balaban J connectivity index is 2.63. The summed E-state index contributed by atoms with van der Waals surface area (Å²) in [6, 6.07) is 3.19. The van der Waals surface area contributed by atoms with Crippen molar-refractivity contribution in [2.24, 2.45) is 11.7 Å². The molecular weight excluding hydrogens is 274 g/mol. The molecule has 0 fully saturated rings. The lowest BCUT2D eigenvalue weighted by atomic mass is 10.00. The van der Waals surface area contributed by atoms with Crippen molar-refractivity contribution in [3.63, 3.8) is 0 Å². The molecule has 1 heterocycles. The van der Waals surface area contributed by atoms with Crippen molar-refractivity contribution in [1.82, 2.24) is 9.71 Å². The van der Waals surface area contributed by atoms with E-state index in [0.29, 0.717) is 24.7 Å². The van der Waals surface area contributed by atoms with Gasteiger partial charge in [-0.25, -0.2) is 13.1 Å². The van der Waals surface area contributed by atoms with Gasteiger partial charge < -0.3 is 5.73 Å². The zero-order valence-corrected chi connectivity index (χ0v) is 13.1. The molecule has 0 bridgehead atoms. The van der Waals surface area contributed by atoms with Crippen LogP contribution in [-0.2, 0) is 16.6 Å². The first kappa shape index (κ1) is 17.1. The Hall–Kier alpha value is -0.980. The van der Waals surface area contributed by atoms with E-state index in [4.69, 9.17) is 5.73 Å². The highest BCUT2D eigenvalue weighted by atomic mass is 32.2. The predicted octanol–water partition coefficient (Wildman–Crippen LogP) is 2.04. The van der Waals surface area contributed by atoms with Gasteiger partial charge >= 0.3 is 0 Å². The first-order valence-corrected chi connectivity index (χ1v) is 8.66. The van der Waals surface area contributed by atoms with Gasteiger partial charge in [-0.2, -0.15) is 0 Å². The van der Waals surface area contributed by atoms with Crippen LogP contribution in [0.4, 0.5) is 0 Å². The smallest absolute Gasteiger partial charge is 0.242 e. The lowest BCUT2D eigenvalue weighted by Gasteiger charge is -2.15. The van der Waals surface area contributed by atoms with Gasteiger partial charge in [-0.15, -0.1) is 0 Å². The largest absolute Gasteiger partial charge is 0.325 e. The van der Waals surface area contributed by atoms with Gasteiger partial charge in [0.05, 0.1) is 5.69 Å². The summed E-state index contributed by atoms with van der Waals surface area (Å²) < 4.78 is 27.0. The van der Waals surface area contributed by atoms with Crippen molar-refractivity contribution < 1.29 is 8.42 Å². The minimum atomic E-state index is -3.47. The van der Waals surface area contributed by atoms with Crippen LogP contribution in [0, 0.1) is 5.92 Å². The average molecular weight is 299 g/mol. The third-order valence-corrected chi connectivity index (χ3v) is 4.83. The zero-order chi connectivity index (χ0) is 15.0. The summed E-state index contributed by atoms with van der Waals surface area (Å²) in [6.45, 7) is 5.02. The molecular formula is C14H25N3O2S. The van der Waals surface area contributed by atoms with Gasteiger partial charge in [0.2, 0.25) is 10.0 Å². The van der Waals surface area contributed by atoms with Crippen molar-refractivity contribution in [2.45, 2.75) is 51.0 Å². The summed E-state index contributed by atoms with van der Waals surface area (Å²) in [7, 11) is -3.47. The van der Waals surface area contributed by atoms with Gasteiger partial charge in [-0.3, -0.25) is 4.98 Å². The van der Waals surface area contributed by atoms with Crippen LogP contribution in [0.2, 0.25) is 0 Å². The van der Waals surface area contributed by atoms with Gasteiger partial charge in [-0.1, -0.05) is 33.1 Å². The standard InChI is InChI=1S/C14H25N3O2S/c1-3-5-6-12(4-2)10-17-20(18,19)14-8-7-13(9-15)16-11-14/h7-8,11-12,17H,3-6,9-10,15H2,1-2H3. The summed E-state index contributed by atoms with van der Waals surface area (Å²) in [5, 5.41) is 0. The molecule has 5 nitrogen and oxygen atoms in total. The van der Waals surface area contributed by atoms with E-state index in [1.165, 1.54) is 6.20 Å². The van der Waals surface area contributed by atoms with Crippen LogP contribution in [0.5, 0.6) is 0 Å². The Morgan fingerprint density at radius 1 is 1.35 bits per heavy atom. The molecule has 0 spiro atoms. The van der Waals surface area contributed by atoms with E-state index in [1.807, 2.05) is 0 Å². The van der Waals surface area contributed by atoms with Crippen LogP contribution in [0.3, 0.4) is 0 Å². The SMILES string of the molecule is CCCCC(CC)CNS(=O)(=O)c1ccc(CN)nc1. The summed E-state index contributed by atoms with van der Waals surface area (Å²) in [5.74, 6) is 0.390. The molecule has 0 aliphatic heterocycles. The topological polar surface area (TPSA) is 85.1 Å². The first-order chi connectivity index (χ1) is 9.53. The number of sulfonamides is 1. The molecule has 114 valence electrons. The molecule has 1 unspecified atom stereocenters. The van der Waals surface area contributed by atoms with Gasteiger partial charge in [-0.05, 0) is 24.5 Å². The van der Waals surface area contributed by atoms with Gasteiger partial charge in [0.25, 0.3) is 0 Å². The van der Waals surface area contributed by atoms with Crippen LogP contribution < -0.4 is 10.5 Å². The predicted molar refractivity (Wildman–Crippen MR) is 80.6 cm³/mol. The van der Waals surface area contributed by atoms with Crippen LogP contribution in [0.25, 0.3) is 0 Å². The molecule has 0 amide bonds. The molecule has 6 heteroatoms. The van der Waals surface area contributed by atoms with Crippen molar-refractivity contribution in [1.29, 1.82) is 0 Å². The van der Waals surface area contributed by atoms with Crippen molar-refractivity contribution in [3.8, 4) is 0 Å². The van der Waals surface area contributed by atoms with Crippen LogP contribution in [0.15, 0.2) is 23.2 Å². The Morgan fingerprint density at radius 3 is 2.60 bits per heavy atom. The van der Waals surface area contributed by atoms with Crippen molar-refractivity contribution in [3.05, 3.63) is 24.0 Å². The fourth-order valence-corrected chi connectivity index (χ4v) is 3.01. The number of nitrogens with two attached hydrogens (primary N) is 1. The van der Waals surface area contributed by atoms with Gasteiger partial charge in [0.1, 0.15) is 4.90 Å². The van der Waals surface area contributed by atoms with E-state index in [1.54, 1.807) is 12.1 Å². The number of hydrogen-bond acceptors (Lipinski definition) is 4. The lowest BCUT2D eigenvalue weighted by molar-refractivity contribution is 0.443. The molecule has 1 rings (SSSR count). The lowest BCUT2D eigenvalue weighted by Crippen LogP contribution is -2.29. The number of nitrogens with one attached hydrogen (secondary N) is 1. The molecule has 3 N–H and O–H groups in total. The molecule has 0 radical (unpaired) electrons. The second-order valence-corrected chi connectivity index (χ2v) is 6.72. The summed E-state index contributed by atoms with van der Waals surface area (Å²) in [4.78, 5) is 4.21. The maximum Gasteiger partial charge on any atom is 0.242 e. The number of hydrogen-bond donors (Lipinski definition) is 2. The molecule has 20 heavy (non-hydrogen) atoms. The summed E-state index contributed by atoms with van der Waals surface area (Å²) >= 11 is 0. The Labute approximate surface area is 122 Å².